The molecule has 0 aliphatic rings. The van der Waals surface area contributed by atoms with Crippen LogP contribution in [0.25, 0.3) is 6.08 Å². The van der Waals surface area contributed by atoms with Crippen molar-refractivity contribution in [3.63, 3.8) is 0 Å². The van der Waals surface area contributed by atoms with Gasteiger partial charge in [-0.2, -0.15) is 10.4 Å². The molecule has 2 rings (SSSR count). The molecular formula is C14H12N4O. The Bertz CT molecular complexity index is 664. The molecule has 5 heteroatoms. The van der Waals surface area contributed by atoms with Gasteiger partial charge in [0.25, 0.3) is 0 Å². The van der Waals surface area contributed by atoms with Crippen molar-refractivity contribution in [2.24, 2.45) is 0 Å². The van der Waals surface area contributed by atoms with Crippen LogP contribution in [-0.2, 0) is 4.79 Å². The highest BCUT2D eigenvalue weighted by Crippen LogP contribution is 2.07. The molecule has 0 radical (unpaired) electrons. The monoisotopic (exact) mass is 252 g/mol. The van der Waals surface area contributed by atoms with Gasteiger partial charge in [-0.25, -0.2) is 0 Å². The van der Waals surface area contributed by atoms with E-state index in [0.717, 1.165) is 11.3 Å². The number of nitriles is 1. The summed E-state index contributed by atoms with van der Waals surface area (Å²) in [5.41, 5.74) is 2.24. The Labute approximate surface area is 110 Å². The van der Waals surface area contributed by atoms with E-state index in [4.69, 9.17) is 5.26 Å². The quantitative estimate of drug-likeness (QED) is 0.822. The Hall–Kier alpha value is -2.87. The van der Waals surface area contributed by atoms with Crippen LogP contribution in [0.1, 0.15) is 16.8 Å². The van der Waals surface area contributed by atoms with Crippen molar-refractivity contribution in [3.05, 3.63) is 53.2 Å². The normalized spacial score (nSPS) is 10.3. The molecule has 0 bridgehead atoms. The van der Waals surface area contributed by atoms with E-state index in [2.05, 4.69) is 15.5 Å². The van der Waals surface area contributed by atoms with E-state index < -0.39 is 0 Å². The first kappa shape index (κ1) is 12.6. The molecule has 1 heterocycles. The topological polar surface area (TPSA) is 81.6 Å². The Balaban J connectivity index is 2.02. The second kappa shape index (κ2) is 5.65. The lowest BCUT2D eigenvalue weighted by atomic mass is 10.1. The average Bonchev–Trinajstić information content (AvgIpc) is 2.82. The van der Waals surface area contributed by atoms with Crippen molar-refractivity contribution in [3.8, 4) is 6.07 Å². The fourth-order valence-corrected chi connectivity index (χ4v) is 1.53. The molecule has 5 nitrogen and oxygen atoms in total. The summed E-state index contributed by atoms with van der Waals surface area (Å²) in [6, 6.07) is 10.8. The van der Waals surface area contributed by atoms with E-state index in [1.165, 1.54) is 6.08 Å². The highest BCUT2D eigenvalue weighted by Gasteiger charge is 2.00. The molecule has 2 N–H and O–H groups in total. The van der Waals surface area contributed by atoms with Crippen LogP contribution in [0, 0.1) is 18.3 Å². The van der Waals surface area contributed by atoms with Crippen molar-refractivity contribution in [2.45, 2.75) is 6.92 Å². The van der Waals surface area contributed by atoms with Gasteiger partial charge in [0.1, 0.15) is 0 Å². The lowest BCUT2D eigenvalue weighted by molar-refractivity contribution is -0.111. The Morgan fingerprint density at radius 1 is 1.47 bits per heavy atom. The summed E-state index contributed by atoms with van der Waals surface area (Å²) >= 11 is 0. The van der Waals surface area contributed by atoms with E-state index >= 15 is 0 Å². The van der Waals surface area contributed by atoms with Gasteiger partial charge in [-0.3, -0.25) is 9.89 Å². The third-order valence-electron chi connectivity index (χ3n) is 2.40. The molecule has 0 fully saturated rings. The van der Waals surface area contributed by atoms with Gasteiger partial charge in [0.15, 0.2) is 5.82 Å². The average molecular weight is 252 g/mol. The van der Waals surface area contributed by atoms with Crippen molar-refractivity contribution in [1.82, 2.24) is 10.2 Å². The van der Waals surface area contributed by atoms with E-state index in [9.17, 15) is 4.79 Å². The number of nitrogens with one attached hydrogen (secondary N) is 2. The van der Waals surface area contributed by atoms with E-state index in [1.54, 1.807) is 30.3 Å². The predicted octanol–water partition coefficient (Wildman–Crippen LogP) is 2.24. The van der Waals surface area contributed by atoms with E-state index in [1.807, 2.05) is 19.1 Å². The number of carbonyl (C=O) groups excluding carboxylic acids is 1. The molecule has 0 unspecified atom stereocenters. The Morgan fingerprint density at radius 2 is 2.32 bits per heavy atom. The van der Waals surface area contributed by atoms with Crippen LogP contribution in [0.15, 0.2) is 36.4 Å². The molecule has 0 atom stereocenters. The van der Waals surface area contributed by atoms with Gasteiger partial charge in [0.2, 0.25) is 5.91 Å². The third-order valence-corrected chi connectivity index (χ3v) is 2.40. The molecule has 0 spiro atoms. The number of hydrogen-bond acceptors (Lipinski definition) is 3. The zero-order chi connectivity index (χ0) is 13.7. The van der Waals surface area contributed by atoms with Crippen LogP contribution in [0.5, 0.6) is 0 Å². The minimum Gasteiger partial charge on any atom is -0.306 e. The summed E-state index contributed by atoms with van der Waals surface area (Å²) < 4.78 is 0. The molecular weight excluding hydrogens is 240 g/mol. The van der Waals surface area contributed by atoms with Crippen LogP contribution in [-0.4, -0.2) is 16.1 Å². The molecule has 1 aromatic heterocycles. The number of carbonyl (C=O) groups is 1. The van der Waals surface area contributed by atoms with E-state index in [0.29, 0.717) is 11.4 Å². The number of rotatable bonds is 3. The van der Waals surface area contributed by atoms with Crippen molar-refractivity contribution in [1.29, 1.82) is 5.26 Å². The molecule has 94 valence electrons. The van der Waals surface area contributed by atoms with Gasteiger partial charge in [-0.1, -0.05) is 12.1 Å². The lowest BCUT2D eigenvalue weighted by Gasteiger charge is -1.96. The van der Waals surface area contributed by atoms with Crippen LogP contribution in [0.3, 0.4) is 0 Å². The standard InChI is InChI=1S/C14H12N4O/c1-10-7-13(18-17-10)16-14(19)6-5-11-3-2-4-12(8-11)9-15/h2-8H,1H3,(H2,16,17,18,19). The molecule has 0 aliphatic heterocycles. The number of benzene rings is 1. The largest absolute Gasteiger partial charge is 0.306 e. The van der Waals surface area contributed by atoms with Gasteiger partial charge < -0.3 is 5.32 Å². The highest BCUT2D eigenvalue weighted by molar-refractivity contribution is 6.01. The number of aromatic amines is 1. The number of H-pyrrole nitrogens is 1. The van der Waals surface area contributed by atoms with Gasteiger partial charge in [-0.05, 0) is 30.7 Å². The number of aryl methyl sites for hydroxylation is 1. The second-order valence-electron chi connectivity index (χ2n) is 4.00. The Kier molecular flexibility index (Phi) is 3.74. The van der Waals surface area contributed by atoms with Gasteiger partial charge >= 0.3 is 0 Å². The molecule has 0 saturated heterocycles. The zero-order valence-electron chi connectivity index (χ0n) is 10.3. The highest BCUT2D eigenvalue weighted by atomic mass is 16.1. The third kappa shape index (κ3) is 3.54. The summed E-state index contributed by atoms with van der Waals surface area (Å²) in [7, 11) is 0. The van der Waals surface area contributed by atoms with Crippen LogP contribution >= 0.6 is 0 Å². The molecule has 0 aliphatic carbocycles. The first-order valence-corrected chi connectivity index (χ1v) is 5.68. The maximum Gasteiger partial charge on any atom is 0.249 e. The van der Waals surface area contributed by atoms with Crippen molar-refractivity contribution < 1.29 is 4.79 Å². The summed E-state index contributed by atoms with van der Waals surface area (Å²) in [5, 5.41) is 18.0. The fourth-order valence-electron chi connectivity index (χ4n) is 1.53. The minimum absolute atomic E-state index is 0.270. The van der Waals surface area contributed by atoms with E-state index in [-0.39, 0.29) is 5.91 Å². The zero-order valence-corrected chi connectivity index (χ0v) is 10.3. The van der Waals surface area contributed by atoms with Crippen molar-refractivity contribution in [2.75, 3.05) is 5.32 Å². The number of aromatic nitrogens is 2. The maximum atomic E-state index is 11.6. The predicted molar refractivity (Wildman–Crippen MR) is 72.1 cm³/mol. The summed E-state index contributed by atoms with van der Waals surface area (Å²) in [6.07, 6.45) is 3.05. The van der Waals surface area contributed by atoms with Crippen LogP contribution in [0.4, 0.5) is 5.82 Å². The van der Waals surface area contributed by atoms with Gasteiger partial charge in [0.05, 0.1) is 11.6 Å². The fraction of sp³-hybridized carbons (Fsp3) is 0.0714. The van der Waals surface area contributed by atoms with Crippen molar-refractivity contribution >= 4 is 17.8 Å². The number of nitrogens with zero attached hydrogens (tertiary/aromatic N) is 2. The smallest absolute Gasteiger partial charge is 0.249 e. The molecule has 1 aromatic carbocycles. The lowest BCUT2D eigenvalue weighted by Crippen LogP contribution is -2.07. The van der Waals surface area contributed by atoms with Crippen LogP contribution < -0.4 is 5.32 Å². The summed E-state index contributed by atoms with van der Waals surface area (Å²) in [5.74, 6) is 0.215. The molecule has 0 saturated carbocycles. The molecule has 2 aromatic rings. The van der Waals surface area contributed by atoms with Gasteiger partial charge in [-0.15, -0.1) is 0 Å². The summed E-state index contributed by atoms with van der Waals surface area (Å²) in [4.78, 5) is 11.6. The first-order valence-electron chi connectivity index (χ1n) is 5.68. The summed E-state index contributed by atoms with van der Waals surface area (Å²) in [6.45, 7) is 1.85. The number of amides is 1. The number of anilines is 1. The SMILES string of the molecule is Cc1cc(NC(=O)C=Cc2cccc(C#N)c2)n[nH]1. The molecule has 19 heavy (non-hydrogen) atoms. The second-order valence-corrected chi connectivity index (χ2v) is 4.00. The van der Waals surface area contributed by atoms with Gasteiger partial charge in [0, 0.05) is 17.8 Å². The first-order chi connectivity index (χ1) is 9.17. The number of hydrogen-bond donors (Lipinski definition) is 2. The Morgan fingerprint density at radius 3 is 3.00 bits per heavy atom. The molecule has 1 amide bonds. The maximum absolute atomic E-state index is 11.6. The van der Waals surface area contributed by atoms with Crippen LogP contribution in [0.2, 0.25) is 0 Å². The minimum atomic E-state index is -0.270.